The fourth-order valence-corrected chi connectivity index (χ4v) is 5.54. The van der Waals surface area contributed by atoms with Crippen molar-refractivity contribution < 1.29 is 8.42 Å². The number of halogens is 3. The van der Waals surface area contributed by atoms with Crippen molar-refractivity contribution >= 4 is 60.9 Å². The average Bonchev–Trinajstić information content (AvgIpc) is 2.26. The highest BCUT2D eigenvalue weighted by molar-refractivity contribution is 9.10. The standard InChI is InChI=1S/C11H14BrCl2NO2S2/c1-7(6-18-3)15(2)19(16,17)11-9(13)4-8(12)5-10(11)14/h4-5,7H,6H2,1-3H3. The molecule has 3 nitrogen and oxygen atoms in total. The van der Waals surface area contributed by atoms with Gasteiger partial charge in [-0.3, -0.25) is 0 Å². The molecule has 0 saturated heterocycles. The van der Waals surface area contributed by atoms with Crippen LogP contribution in [0.2, 0.25) is 10.0 Å². The van der Waals surface area contributed by atoms with Crippen LogP contribution >= 0.6 is 50.9 Å². The molecule has 0 aliphatic heterocycles. The summed E-state index contributed by atoms with van der Waals surface area (Å²) in [5, 5.41) is 0.227. The maximum atomic E-state index is 12.5. The van der Waals surface area contributed by atoms with E-state index in [1.165, 1.54) is 23.5 Å². The van der Waals surface area contributed by atoms with Crippen LogP contribution in [-0.2, 0) is 10.0 Å². The molecule has 1 rings (SSSR count). The molecule has 1 aromatic rings. The van der Waals surface area contributed by atoms with Crippen molar-refractivity contribution in [2.24, 2.45) is 0 Å². The van der Waals surface area contributed by atoms with Crippen LogP contribution in [0.15, 0.2) is 21.5 Å². The van der Waals surface area contributed by atoms with Gasteiger partial charge in [-0.25, -0.2) is 8.42 Å². The Morgan fingerprint density at radius 2 is 1.84 bits per heavy atom. The van der Waals surface area contributed by atoms with Crippen molar-refractivity contribution in [3.05, 3.63) is 26.7 Å². The highest BCUT2D eigenvalue weighted by Gasteiger charge is 2.29. The largest absolute Gasteiger partial charge is 0.246 e. The number of hydrogen-bond acceptors (Lipinski definition) is 3. The van der Waals surface area contributed by atoms with Gasteiger partial charge in [-0.2, -0.15) is 16.1 Å². The van der Waals surface area contributed by atoms with Crippen molar-refractivity contribution in [3.8, 4) is 0 Å². The molecule has 0 spiro atoms. The highest BCUT2D eigenvalue weighted by Crippen LogP contribution is 2.34. The van der Waals surface area contributed by atoms with Gasteiger partial charge in [0.05, 0.1) is 10.0 Å². The third-order valence-corrected chi connectivity index (χ3v) is 6.80. The molecule has 0 aromatic heterocycles. The zero-order chi connectivity index (χ0) is 14.8. The van der Waals surface area contributed by atoms with Gasteiger partial charge in [0, 0.05) is 23.3 Å². The van der Waals surface area contributed by atoms with E-state index in [0.717, 1.165) is 0 Å². The molecule has 1 atom stereocenters. The molecule has 1 aromatic carbocycles. The summed E-state index contributed by atoms with van der Waals surface area (Å²) in [5.74, 6) is 0.696. The lowest BCUT2D eigenvalue weighted by atomic mass is 10.4. The number of sulfonamides is 1. The molecule has 0 fully saturated rings. The van der Waals surface area contributed by atoms with E-state index in [2.05, 4.69) is 15.9 Å². The molecule has 0 bridgehead atoms. The van der Waals surface area contributed by atoms with Crippen LogP contribution in [-0.4, -0.2) is 37.8 Å². The van der Waals surface area contributed by atoms with Crippen LogP contribution in [0.1, 0.15) is 6.92 Å². The van der Waals surface area contributed by atoms with E-state index in [1.54, 1.807) is 11.8 Å². The summed E-state index contributed by atoms with van der Waals surface area (Å²) in [6.45, 7) is 1.84. The second-order valence-electron chi connectivity index (χ2n) is 4.02. The van der Waals surface area contributed by atoms with Crippen molar-refractivity contribution in [1.82, 2.24) is 4.31 Å². The topological polar surface area (TPSA) is 37.4 Å². The zero-order valence-corrected chi connectivity index (χ0v) is 15.4. The second-order valence-corrected chi connectivity index (χ2v) is 8.60. The van der Waals surface area contributed by atoms with E-state index in [0.29, 0.717) is 10.2 Å². The summed E-state index contributed by atoms with van der Waals surface area (Å²) >= 11 is 16.8. The van der Waals surface area contributed by atoms with Crippen molar-refractivity contribution in [1.29, 1.82) is 0 Å². The Labute approximate surface area is 136 Å². The third kappa shape index (κ3) is 4.02. The summed E-state index contributed by atoms with van der Waals surface area (Å²) in [6.07, 6.45) is 1.93. The van der Waals surface area contributed by atoms with Crippen LogP contribution < -0.4 is 0 Å². The highest BCUT2D eigenvalue weighted by atomic mass is 79.9. The average molecular weight is 407 g/mol. The molecule has 0 amide bonds. The molecule has 0 radical (unpaired) electrons. The van der Waals surface area contributed by atoms with Crippen LogP contribution in [0.25, 0.3) is 0 Å². The summed E-state index contributed by atoms with van der Waals surface area (Å²) < 4.78 is 27.0. The maximum absolute atomic E-state index is 12.5. The first-order valence-electron chi connectivity index (χ1n) is 5.33. The molecule has 1 unspecified atom stereocenters. The number of hydrogen-bond donors (Lipinski definition) is 0. The van der Waals surface area contributed by atoms with Crippen LogP contribution in [0.4, 0.5) is 0 Å². The Morgan fingerprint density at radius 1 is 1.37 bits per heavy atom. The van der Waals surface area contributed by atoms with Gasteiger partial charge in [-0.1, -0.05) is 39.1 Å². The normalized spacial score (nSPS) is 13.8. The SMILES string of the molecule is CSCC(C)N(C)S(=O)(=O)c1c(Cl)cc(Br)cc1Cl. The van der Waals surface area contributed by atoms with Gasteiger partial charge in [0.15, 0.2) is 0 Å². The van der Waals surface area contributed by atoms with Crippen LogP contribution in [0.3, 0.4) is 0 Å². The summed E-state index contributed by atoms with van der Waals surface area (Å²) in [7, 11) is -2.17. The molecule has 108 valence electrons. The molecule has 0 saturated carbocycles. The van der Waals surface area contributed by atoms with Crippen LogP contribution in [0.5, 0.6) is 0 Å². The lowest BCUT2D eigenvalue weighted by molar-refractivity contribution is 0.415. The smallest absolute Gasteiger partial charge is 0.207 e. The van der Waals surface area contributed by atoms with E-state index < -0.39 is 10.0 Å². The van der Waals surface area contributed by atoms with Gasteiger partial charge in [0.2, 0.25) is 10.0 Å². The lowest BCUT2D eigenvalue weighted by Crippen LogP contribution is -2.36. The minimum atomic E-state index is -3.70. The predicted molar refractivity (Wildman–Crippen MR) is 87.0 cm³/mol. The lowest BCUT2D eigenvalue weighted by Gasteiger charge is -2.24. The van der Waals surface area contributed by atoms with Gasteiger partial charge < -0.3 is 0 Å². The molecule has 0 heterocycles. The fraction of sp³-hybridized carbons (Fsp3) is 0.455. The first kappa shape index (κ1) is 17.6. The molecular weight excluding hydrogens is 393 g/mol. The predicted octanol–water partition coefficient (Wildman–Crippen LogP) is 4.13. The van der Waals surface area contributed by atoms with Gasteiger partial charge in [-0.15, -0.1) is 0 Å². The van der Waals surface area contributed by atoms with Gasteiger partial charge >= 0.3 is 0 Å². The Balaban J connectivity index is 3.28. The van der Waals surface area contributed by atoms with E-state index in [-0.39, 0.29) is 21.0 Å². The third-order valence-electron chi connectivity index (χ3n) is 2.63. The molecule has 0 N–H and O–H groups in total. The van der Waals surface area contributed by atoms with E-state index >= 15 is 0 Å². The summed E-state index contributed by atoms with van der Waals surface area (Å²) in [6, 6.07) is 2.90. The monoisotopic (exact) mass is 405 g/mol. The summed E-state index contributed by atoms with van der Waals surface area (Å²) in [4.78, 5) is -0.0468. The number of rotatable bonds is 5. The Kier molecular flexibility index (Phi) is 6.48. The van der Waals surface area contributed by atoms with E-state index in [1.807, 2.05) is 13.2 Å². The van der Waals surface area contributed by atoms with Crippen molar-refractivity contribution in [2.45, 2.75) is 17.9 Å². The minimum Gasteiger partial charge on any atom is -0.207 e. The van der Waals surface area contributed by atoms with E-state index in [9.17, 15) is 8.42 Å². The van der Waals surface area contributed by atoms with Crippen molar-refractivity contribution in [3.63, 3.8) is 0 Å². The number of nitrogens with zero attached hydrogens (tertiary/aromatic N) is 1. The minimum absolute atomic E-state index is 0.0468. The Morgan fingerprint density at radius 3 is 2.26 bits per heavy atom. The molecular formula is C11H14BrCl2NO2S2. The van der Waals surface area contributed by atoms with Gasteiger partial charge in [0.1, 0.15) is 4.90 Å². The van der Waals surface area contributed by atoms with Gasteiger partial charge in [0.25, 0.3) is 0 Å². The molecule has 0 aliphatic carbocycles. The van der Waals surface area contributed by atoms with Crippen molar-refractivity contribution in [2.75, 3.05) is 19.1 Å². The first-order chi connectivity index (χ1) is 8.71. The van der Waals surface area contributed by atoms with Crippen LogP contribution in [0, 0.1) is 0 Å². The molecule has 19 heavy (non-hydrogen) atoms. The Bertz CT molecular complexity index is 543. The molecule has 8 heteroatoms. The molecule has 0 aliphatic rings. The Hall–Kier alpha value is 0.540. The maximum Gasteiger partial charge on any atom is 0.246 e. The number of benzene rings is 1. The second kappa shape index (κ2) is 7.00. The van der Waals surface area contributed by atoms with Gasteiger partial charge in [-0.05, 0) is 25.3 Å². The number of thioether (sulfide) groups is 1. The summed E-state index contributed by atoms with van der Waals surface area (Å²) in [5.41, 5.74) is 0. The van der Waals surface area contributed by atoms with E-state index in [4.69, 9.17) is 23.2 Å². The quantitative estimate of drug-likeness (QED) is 0.737. The fourth-order valence-electron chi connectivity index (χ4n) is 1.50. The first-order valence-corrected chi connectivity index (χ1v) is 9.71. The zero-order valence-electron chi connectivity index (χ0n) is 10.7.